The second-order valence-electron chi connectivity index (χ2n) is 6.27. The van der Waals surface area contributed by atoms with E-state index < -0.39 is 15.4 Å². The van der Waals surface area contributed by atoms with E-state index in [4.69, 9.17) is 11.6 Å². The number of benzene rings is 1. The van der Waals surface area contributed by atoms with Crippen LogP contribution in [0.3, 0.4) is 0 Å². The van der Waals surface area contributed by atoms with E-state index in [0.29, 0.717) is 10.6 Å². The highest BCUT2D eigenvalue weighted by molar-refractivity contribution is 7.90. The molecule has 0 aliphatic heterocycles. The molecule has 4 nitrogen and oxygen atoms in total. The van der Waals surface area contributed by atoms with Crippen molar-refractivity contribution in [1.29, 1.82) is 0 Å². The topological polar surface area (TPSA) is 54.5 Å². The molecule has 1 aromatic carbocycles. The van der Waals surface area contributed by atoms with Crippen LogP contribution in [0, 0.1) is 6.92 Å². The quantitative estimate of drug-likeness (QED) is 0.852. The molecule has 0 atom stereocenters. The summed E-state index contributed by atoms with van der Waals surface area (Å²) in [6.07, 6.45) is 1.17. The van der Waals surface area contributed by atoms with E-state index >= 15 is 0 Å². The van der Waals surface area contributed by atoms with Gasteiger partial charge in [0.05, 0.1) is 5.75 Å². The van der Waals surface area contributed by atoms with Gasteiger partial charge in [0.2, 0.25) is 0 Å². The maximum Gasteiger partial charge on any atom is 0.254 e. The van der Waals surface area contributed by atoms with E-state index in [0.717, 1.165) is 5.56 Å². The predicted octanol–water partition coefficient (Wildman–Crippen LogP) is 2.93. The first-order chi connectivity index (χ1) is 9.40. The predicted molar refractivity (Wildman–Crippen MR) is 86.7 cm³/mol. The molecule has 0 aromatic heterocycles. The fourth-order valence-corrected chi connectivity index (χ4v) is 2.82. The Morgan fingerprint density at radius 2 is 1.81 bits per heavy atom. The first-order valence-electron chi connectivity index (χ1n) is 6.67. The summed E-state index contributed by atoms with van der Waals surface area (Å²) in [6.45, 7) is 7.66. The number of carbonyl (C=O) groups excluding carboxylic acids is 1. The Hall–Kier alpha value is -1.07. The largest absolute Gasteiger partial charge is 0.333 e. The van der Waals surface area contributed by atoms with Gasteiger partial charge < -0.3 is 4.90 Å². The van der Waals surface area contributed by atoms with Gasteiger partial charge in [-0.25, -0.2) is 8.42 Å². The lowest BCUT2D eigenvalue weighted by molar-refractivity contribution is 0.0601. The maximum absolute atomic E-state index is 12.7. The molecule has 0 aliphatic carbocycles. The number of sulfone groups is 1. The maximum atomic E-state index is 12.7. The molecular formula is C15H22ClNO3S. The van der Waals surface area contributed by atoms with Crippen LogP contribution in [0.2, 0.25) is 5.02 Å². The van der Waals surface area contributed by atoms with E-state index in [9.17, 15) is 13.2 Å². The van der Waals surface area contributed by atoms with Gasteiger partial charge in [-0.05, 0) is 51.5 Å². The Labute approximate surface area is 132 Å². The number of halogens is 1. The fourth-order valence-electron chi connectivity index (χ4n) is 2.01. The monoisotopic (exact) mass is 331 g/mol. The smallest absolute Gasteiger partial charge is 0.254 e. The molecule has 0 unspecified atom stereocenters. The lowest BCUT2D eigenvalue weighted by Gasteiger charge is -2.35. The van der Waals surface area contributed by atoms with Gasteiger partial charge in [-0.2, -0.15) is 0 Å². The Kier molecular flexibility index (Phi) is 5.45. The van der Waals surface area contributed by atoms with Crippen molar-refractivity contribution in [2.75, 3.05) is 18.6 Å². The fraction of sp³-hybridized carbons (Fsp3) is 0.533. The zero-order chi connectivity index (χ0) is 16.4. The number of rotatable bonds is 4. The van der Waals surface area contributed by atoms with Gasteiger partial charge >= 0.3 is 0 Å². The Balaban J connectivity index is 3.11. The van der Waals surface area contributed by atoms with Crippen LogP contribution in [-0.4, -0.2) is 43.3 Å². The molecule has 1 aromatic rings. The zero-order valence-electron chi connectivity index (χ0n) is 13.1. The van der Waals surface area contributed by atoms with Crippen molar-refractivity contribution in [2.24, 2.45) is 0 Å². The van der Waals surface area contributed by atoms with Crippen LogP contribution in [0.5, 0.6) is 0 Å². The molecule has 0 bridgehead atoms. The van der Waals surface area contributed by atoms with Crippen molar-refractivity contribution in [3.8, 4) is 0 Å². The van der Waals surface area contributed by atoms with Gasteiger partial charge in [0.25, 0.3) is 5.91 Å². The molecule has 0 N–H and O–H groups in total. The highest BCUT2D eigenvalue weighted by Crippen LogP contribution is 2.21. The van der Waals surface area contributed by atoms with Gasteiger partial charge in [0.15, 0.2) is 0 Å². The van der Waals surface area contributed by atoms with Gasteiger partial charge in [0, 0.05) is 28.9 Å². The molecule has 0 spiro atoms. The molecule has 0 heterocycles. The van der Waals surface area contributed by atoms with Crippen LogP contribution in [0.15, 0.2) is 18.2 Å². The Morgan fingerprint density at radius 3 is 2.24 bits per heavy atom. The van der Waals surface area contributed by atoms with E-state index in [-0.39, 0.29) is 18.2 Å². The third-order valence-corrected chi connectivity index (χ3v) is 4.17. The van der Waals surface area contributed by atoms with Gasteiger partial charge in [0.1, 0.15) is 9.84 Å². The van der Waals surface area contributed by atoms with Crippen molar-refractivity contribution >= 4 is 27.3 Å². The molecule has 6 heteroatoms. The lowest BCUT2D eigenvalue weighted by Crippen LogP contribution is -2.47. The van der Waals surface area contributed by atoms with E-state index in [1.807, 2.05) is 27.7 Å². The summed E-state index contributed by atoms with van der Waals surface area (Å²) >= 11 is 6.00. The molecule has 0 saturated carbocycles. The summed E-state index contributed by atoms with van der Waals surface area (Å²) in [5.74, 6) is -0.271. The van der Waals surface area contributed by atoms with Crippen LogP contribution < -0.4 is 0 Å². The minimum absolute atomic E-state index is 0.0600. The van der Waals surface area contributed by atoms with Gasteiger partial charge in [-0.3, -0.25) is 4.79 Å². The normalized spacial score (nSPS) is 12.3. The number of nitrogens with zero attached hydrogens (tertiary/aromatic N) is 1. The Bertz CT molecular complexity index is 613. The van der Waals surface area contributed by atoms with E-state index in [2.05, 4.69) is 0 Å². The first-order valence-corrected chi connectivity index (χ1v) is 9.11. The molecule has 0 fully saturated rings. The Morgan fingerprint density at radius 1 is 1.24 bits per heavy atom. The van der Waals surface area contributed by atoms with Crippen LogP contribution in [0.25, 0.3) is 0 Å². The molecule has 1 rings (SSSR count). The van der Waals surface area contributed by atoms with Crippen molar-refractivity contribution in [1.82, 2.24) is 4.90 Å². The number of carbonyl (C=O) groups is 1. The number of hydrogen-bond acceptors (Lipinski definition) is 3. The van der Waals surface area contributed by atoms with Crippen molar-refractivity contribution in [3.63, 3.8) is 0 Å². The molecule has 0 aliphatic rings. The molecule has 0 radical (unpaired) electrons. The standard InChI is InChI=1S/C15H22ClNO3S/c1-11-8-12(10-13(16)9-11)14(18)17(15(2,3)4)6-7-21(5,19)20/h8-10H,6-7H2,1-5H3. The molecule has 0 saturated heterocycles. The lowest BCUT2D eigenvalue weighted by atomic mass is 10.0. The van der Waals surface area contributed by atoms with Crippen LogP contribution in [-0.2, 0) is 9.84 Å². The van der Waals surface area contributed by atoms with Crippen molar-refractivity contribution in [2.45, 2.75) is 33.2 Å². The van der Waals surface area contributed by atoms with E-state index in [1.54, 1.807) is 23.1 Å². The SMILES string of the molecule is Cc1cc(Cl)cc(C(=O)N(CCS(C)(=O)=O)C(C)(C)C)c1. The molecule has 1 amide bonds. The third kappa shape index (κ3) is 5.67. The number of hydrogen-bond donors (Lipinski definition) is 0. The highest BCUT2D eigenvalue weighted by Gasteiger charge is 2.28. The van der Waals surface area contributed by atoms with Gasteiger partial charge in [-0.1, -0.05) is 11.6 Å². The van der Waals surface area contributed by atoms with Crippen LogP contribution >= 0.6 is 11.6 Å². The molecule has 118 valence electrons. The number of aryl methyl sites for hydroxylation is 1. The highest BCUT2D eigenvalue weighted by atomic mass is 35.5. The second kappa shape index (κ2) is 6.36. The van der Waals surface area contributed by atoms with Crippen molar-refractivity contribution < 1.29 is 13.2 Å². The summed E-state index contributed by atoms with van der Waals surface area (Å²) in [7, 11) is -3.13. The summed E-state index contributed by atoms with van der Waals surface area (Å²) in [6, 6.07) is 5.14. The van der Waals surface area contributed by atoms with Crippen molar-refractivity contribution in [3.05, 3.63) is 34.3 Å². The van der Waals surface area contributed by atoms with Crippen LogP contribution in [0.1, 0.15) is 36.7 Å². The second-order valence-corrected chi connectivity index (χ2v) is 8.97. The van der Waals surface area contributed by atoms with Gasteiger partial charge in [-0.15, -0.1) is 0 Å². The summed E-state index contributed by atoms with van der Waals surface area (Å²) in [5, 5.41) is 0.496. The summed E-state index contributed by atoms with van der Waals surface area (Å²) in [4.78, 5) is 14.3. The van der Waals surface area contributed by atoms with Crippen LogP contribution in [0.4, 0.5) is 0 Å². The summed E-state index contributed by atoms with van der Waals surface area (Å²) in [5.41, 5.74) is 0.893. The minimum atomic E-state index is -3.13. The first kappa shape index (κ1) is 18.0. The molecular weight excluding hydrogens is 310 g/mol. The average molecular weight is 332 g/mol. The third-order valence-electron chi connectivity index (χ3n) is 3.03. The number of amides is 1. The molecule has 21 heavy (non-hydrogen) atoms. The summed E-state index contributed by atoms with van der Waals surface area (Å²) < 4.78 is 22.7. The zero-order valence-corrected chi connectivity index (χ0v) is 14.7. The minimum Gasteiger partial charge on any atom is -0.333 e. The van der Waals surface area contributed by atoms with E-state index in [1.165, 1.54) is 6.26 Å². The average Bonchev–Trinajstić information content (AvgIpc) is 2.23.